The van der Waals surface area contributed by atoms with E-state index >= 15 is 0 Å². The first-order chi connectivity index (χ1) is 12.4. The van der Waals surface area contributed by atoms with Crippen molar-refractivity contribution in [2.45, 2.75) is 26.9 Å². The standard InChI is InChI=1S/C19H25N5O2/c1-14-4-5-16(8-15(14)2)12-23-6-7-24(13-18(23)25)19(26)20-9-17-10-21-22(3)11-17/h4-5,8,10-11H,6-7,9,12-13H2,1-3H3,(H,20,26). The second-order valence-electron chi connectivity index (χ2n) is 6.84. The Bertz CT molecular complexity index is 814. The van der Waals surface area contributed by atoms with Gasteiger partial charge in [0, 0.05) is 45.0 Å². The molecule has 1 saturated heterocycles. The van der Waals surface area contributed by atoms with Crippen molar-refractivity contribution in [1.82, 2.24) is 24.9 Å². The van der Waals surface area contributed by atoms with Crippen LogP contribution in [0.1, 0.15) is 22.3 Å². The highest BCUT2D eigenvalue weighted by molar-refractivity contribution is 5.85. The first-order valence-electron chi connectivity index (χ1n) is 8.76. The normalized spacial score (nSPS) is 14.7. The zero-order valence-electron chi connectivity index (χ0n) is 15.5. The lowest BCUT2D eigenvalue weighted by Gasteiger charge is -2.34. The predicted molar refractivity (Wildman–Crippen MR) is 98.3 cm³/mol. The van der Waals surface area contributed by atoms with Gasteiger partial charge in [0.15, 0.2) is 0 Å². The van der Waals surface area contributed by atoms with Gasteiger partial charge in [-0.15, -0.1) is 0 Å². The highest BCUT2D eigenvalue weighted by Gasteiger charge is 2.27. The Hall–Kier alpha value is -2.83. The Labute approximate surface area is 153 Å². The topological polar surface area (TPSA) is 70.5 Å². The van der Waals surface area contributed by atoms with Crippen LogP contribution < -0.4 is 5.32 Å². The fraction of sp³-hybridized carbons (Fsp3) is 0.421. The molecular weight excluding hydrogens is 330 g/mol. The first kappa shape index (κ1) is 18.0. The molecule has 1 aromatic heterocycles. The molecule has 0 radical (unpaired) electrons. The van der Waals surface area contributed by atoms with Crippen LogP contribution >= 0.6 is 0 Å². The van der Waals surface area contributed by atoms with Crippen molar-refractivity contribution in [3.63, 3.8) is 0 Å². The molecule has 0 atom stereocenters. The van der Waals surface area contributed by atoms with Gasteiger partial charge in [0.2, 0.25) is 5.91 Å². The predicted octanol–water partition coefficient (Wildman–Crippen LogP) is 1.59. The number of aryl methyl sites for hydroxylation is 3. The smallest absolute Gasteiger partial charge is 0.318 e. The van der Waals surface area contributed by atoms with Crippen molar-refractivity contribution in [3.05, 3.63) is 52.8 Å². The van der Waals surface area contributed by atoms with E-state index in [-0.39, 0.29) is 18.5 Å². The summed E-state index contributed by atoms with van der Waals surface area (Å²) in [4.78, 5) is 28.1. The van der Waals surface area contributed by atoms with Gasteiger partial charge in [0.25, 0.3) is 0 Å². The molecule has 1 aliphatic heterocycles. The molecule has 2 heterocycles. The number of amides is 3. The summed E-state index contributed by atoms with van der Waals surface area (Å²) in [6, 6.07) is 6.04. The van der Waals surface area contributed by atoms with Gasteiger partial charge in [-0.25, -0.2) is 4.79 Å². The van der Waals surface area contributed by atoms with Gasteiger partial charge in [0.05, 0.1) is 6.20 Å². The van der Waals surface area contributed by atoms with Crippen LogP contribution in [0.2, 0.25) is 0 Å². The number of nitrogens with zero attached hydrogens (tertiary/aromatic N) is 4. The van der Waals surface area contributed by atoms with Crippen molar-refractivity contribution in [2.75, 3.05) is 19.6 Å². The molecule has 1 N–H and O–H groups in total. The lowest BCUT2D eigenvalue weighted by molar-refractivity contribution is -0.135. The summed E-state index contributed by atoms with van der Waals surface area (Å²) in [5.74, 6) is -0.0222. The largest absolute Gasteiger partial charge is 0.335 e. The number of carbonyl (C=O) groups excluding carboxylic acids is 2. The maximum atomic E-state index is 12.4. The van der Waals surface area contributed by atoms with Crippen LogP contribution in [0.25, 0.3) is 0 Å². The Morgan fingerprint density at radius 3 is 2.65 bits per heavy atom. The van der Waals surface area contributed by atoms with Gasteiger partial charge in [-0.3, -0.25) is 9.48 Å². The number of hydrogen-bond donors (Lipinski definition) is 1. The molecule has 1 fully saturated rings. The van der Waals surface area contributed by atoms with Gasteiger partial charge < -0.3 is 15.1 Å². The fourth-order valence-electron chi connectivity index (χ4n) is 3.02. The molecule has 7 nitrogen and oxygen atoms in total. The average Bonchev–Trinajstić information content (AvgIpc) is 3.03. The average molecular weight is 355 g/mol. The van der Waals surface area contributed by atoms with Gasteiger partial charge >= 0.3 is 6.03 Å². The van der Waals surface area contributed by atoms with Crippen molar-refractivity contribution in [3.8, 4) is 0 Å². The summed E-state index contributed by atoms with van der Waals surface area (Å²) in [5, 5.41) is 6.92. The van der Waals surface area contributed by atoms with Crippen molar-refractivity contribution in [1.29, 1.82) is 0 Å². The molecule has 3 rings (SSSR count). The van der Waals surface area contributed by atoms with Crippen LogP contribution in [0.15, 0.2) is 30.6 Å². The third-order valence-electron chi connectivity index (χ3n) is 4.75. The minimum absolute atomic E-state index is 0.0222. The minimum Gasteiger partial charge on any atom is -0.335 e. The van der Waals surface area contributed by atoms with E-state index < -0.39 is 0 Å². The maximum absolute atomic E-state index is 12.4. The Morgan fingerprint density at radius 1 is 1.19 bits per heavy atom. The molecule has 0 bridgehead atoms. The zero-order valence-corrected chi connectivity index (χ0v) is 15.5. The first-order valence-corrected chi connectivity index (χ1v) is 8.76. The molecule has 26 heavy (non-hydrogen) atoms. The van der Waals surface area contributed by atoms with E-state index in [9.17, 15) is 9.59 Å². The third-order valence-corrected chi connectivity index (χ3v) is 4.75. The number of rotatable bonds is 4. The molecule has 0 aliphatic carbocycles. The summed E-state index contributed by atoms with van der Waals surface area (Å²) < 4.78 is 1.69. The molecule has 1 aromatic carbocycles. The Morgan fingerprint density at radius 2 is 2.00 bits per heavy atom. The van der Waals surface area contributed by atoms with Crippen LogP contribution in [-0.4, -0.2) is 51.2 Å². The summed E-state index contributed by atoms with van der Waals surface area (Å²) in [7, 11) is 1.83. The molecule has 0 unspecified atom stereocenters. The van der Waals surface area contributed by atoms with Crippen LogP contribution in [0.4, 0.5) is 4.79 Å². The number of carbonyl (C=O) groups is 2. The summed E-state index contributed by atoms with van der Waals surface area (Å²) in [5.41, 5.74) is 4.52. The van der Waals surface area contributed by atoms with Crippen LogP contribution in [-0.2, 0) is 24.9 Å². The van der Waals surface area contributed by atoms with E-state index in [1.807, 2.05) is 18.1 Å². The van der Waals surface area contributed by atoms with Crippen molar-refractivity contribution >= 4 is 11.9 Å². The highest BCUT2D eigenvalue weighted by atomic mass is 16.2. The van der Waals surface area contributed by atoms with E-state index in [4.69, 9.17) is 0 Å². The monoisotopic (exact) mass is 355 g/mol. The fourth-order valence-corrected chi connectivity index (χ4v) is 3.02. The third kappa shape index (κ3) is 4.22. The molecule has 0 spiro atoms. The highest BCUT2D eigenvalue weighted by Crippen LogP contribution is 2.14. The van der Waals surface area contributed by atoms with Crippen molar-refractivity contribution < 1.29 is 9.59 Å². The molecule has 3 amide bonds. The van der Waals surface area contributed by atoms with Crippen LogP contribution in [0.3, 0.4) is 0 Å². The number of hydrogen-bond acceptors (Lipinski definition) is 3. The number of nitrogens with one attached hydrogen (secondary N) is 1. The zero-order chi connectivity index (χ0) is 18.7. The summed E-state index contributed by atoms with van der Waals surface area (Å²) >= 11 is 0. The lowest BCUT2D eigenvalue weighted by atomic mass is 10.1. The molecule has 138 valence electrons. The van der Waals surface area contributed by atoms with Crippen molar-refractivity contribution in [2.24, 2.45) is 7.05 Å². The van der Waals surface area contributed by atoms with E-state index in [0.717, 1.165) is 11.1 Å². The SMILES string of the molecule is Cc1ccc(CN2CCN(C(=O)NCc3cnn(C)c3)CC2=O)cc1C. The minimum atomic E-state index is -0.215. The molecular formula is C19H25N5O2. The van der Waals surface area contributed by atoms with Gasteiger partial charge in [-0.1, -0.05) is 18.2 Å². The Kier molecular flexibility index (Phi) is 5.25. The van der Waals surface area contributed by atoms with E-state index in [1.165, 1.54) is 11.1 Å². The summed E-state index contributed by atoms with van der Waals surface area (Å²) in [6.45, 7) is 6.35. The molecule has 7 heteroatoms. The number of piperazine rings is 1. The van der Waals surface area contributed by atoms with Crippen LogP contribution in [0, 0.1) is 13.8 Å². The quantitative estimate of drug-likeness (QED) is 0.905. The lowest BCUT2D eigenvalue weighted by Crippen LogP contribution is -2.54. The van der Waals surface area contributed by atoms with E-state index in [0.29, 0.717) is 26.2 Å². The number of aromatic nitrogens is 2. The van der Waals surface area contributed by atoms with Gasteiger partial charge in [0.1, 0.15) is 6.54 Å². The molecule has 1 aliphatic rings. The maximum Gasteiger partial charge on any atom is 0.318 e. The molecule has 2 aromatic rings. The van der Waals surface area contributed by atoms with Gasteiger partial charge in [-0.05, 0) is 30.5 Å². The van der Waals surface area contributed by atoms with E-state index in [1.54, 1.807) is 15.8 Å². The number of urea groups is 1. The summed E-state index contributed by atoms with van der Waals surface area (Å²) in [6.07, 6.45) is 3.57. The van der Waals surface area contributed by atoms with Gasteiger partial charge in [-0.2, -0.15) is 5.10 Å². The van der Waals surface area contributed by atoms with Crippen LogP contribution in [0.5, 0.6) is 0 Å². The second-order valence-corrected chi connectivity index (χ2v) is 6.84. The Balaban J connectivity index is 1.51. The van der Waals surface area contributed by atoms with E-state index in [2.05, 4.69) is 42.5 Å². The number of benzene rings is 1. The molecule has 0 saturated carbocycles. The second kappa shape index (κ2) is 7.59.